The van der Waals surface area contributed by atoms with Crippen LogP contribution in [0, 0.1) is 11.3 Å². The molecular weight excluding hydrogens is 571 g/mol. The number of rotatable bonds is 9. The Hall–Kier alpha value is -3.45. The highest BCUT2D eigenvalue weighted by molar-refractivity contribution is 5.88. The minimum absolute atomic E-state index is 0.0179. The average Bonchev–Trinajstić information content (AvgIpc) is 3.57. The molecule has 1 N–H and O–H groups in total. The fourth-order valence-electron chi connectivity index (χ4n) is 5.93. The zero-order valence-corrected chi connectivity index (χ0v) is 25.1. The number of pyridine rings is 2. The van der Waals surface area contributed by atoms with Gasteiger partial charge in [-0.2, -0.15) is 13.2 Å². The van der Waals surface area contributed by atoms with E-state index in [0.717, 1.165) is 6.07 Å². The van der Waals surface area contributed by atoms with Gasteiger partial charge in [-0.3, -0.25) is 4.79 Å². The highest BCUT2D eigenvalue weighted by atomic mass is 19.4. The largest absolute Gasteiger partial charge is 0.481 e. The van der Waals surface area contributed by atoms with E-state index in [1.165, 1.54) is 18.2 Å². The maximum Gasteiger partial charge on any atom is 0.417 e. The van der Waals surface area contributed by atoms with E-state index >= 15 is 0 Å². The summed E-state index contributed by atoms with van der Waals surface area (Å²) in [5.41, 5.74) is -1.29. The first kappa shape index (κ1) is 32.5. The molecule has 2 aliphatic heterocycles. The number of nitrogens with zero attached hydrogens (tertiary/aromatic N) is 3. The number of likely N-dealkylation sites (tertiary alicyclic amines) is 1. The van der Waals surface area contributed by atoms with Gasteiger partial charge in [0, 0.05) is 36.0 Å². The van der Waals surface area contributed by atoms with E-state index in [0.29, 0.717) is 31.2 Å². The number of ether oxygens (including phenoxy) is 4. The number of halogens is 3. The van der Waals surface area contributed by atoms with Gasteiger partial charge in [-0.25, -0.2) is 14.8 Å². The highest BCUT2D eigenvalue weighted by Crippen LogP contribution is 2.51. The van der Waals surface area contributed by atoms with Gasteiger partial charge in [0.1, 0.15) is 12.1 Å². The summed E-state index contributed by atoms with van der Waals surface area (Å²) in [7, 11) is 1.28. The zero-order chi connectivity index (χ0) is 31.7. The lowest BCUT2D eigenvalue weighted by Crippen LogP contribution is -2.50. The molecule has 2 aromatic heterocycles. The fourth-order valence-corrected chi connectivity index (χ4v) is 5.93. The van der Waals surface area contributed by atoms with Crippen LogP contribution in [-0.2, 0) is 31.8 Å². The van der Waals surface area contributed by atoms with Crippen molar-refractivity contribution in [2.24, 2.45) is 11.3 Å². The van der Waals surface area contributed by atoms with Crippen molar-refractivity contribution in [2.45, 2.75) is 90.6 Å². The molecule has 2 aromatic rings. The average molecular weight is 610 g/mol. The second-order valence-corrected chi connectivity index (χ2v) is 12.1. The quantitative estimate of drug-likeness (QED) is 0.416. The molecule has 0 bridgehead atoms. The number of carbonyl (C=O) groups is 2. The molecule has 0 unspecified atom stereocenters. The molecule has 0 radical (unpaired) electrons. The van der Waals surface area contributed by atoms with Crippen LogP contribution in [0.25, 0.3) is 0 Å². The summed E-state index contributed by atoms with van der Waals surface area (Å²) in [4.78, 5) is 36.6. The maximum absolute atomic E-state index is 14.1. The Morgan fingerprint density at radius 2 is 1.91 bits per heavy atom. The van der Waals surface area contributed by atoms with Gasteiger partial charge in [0.05, 0.1) is 37.5 Å². The van der Waals surface area contributed by atoms with Crippen LogP contribution < -0.4 is 9.47 Å². The summed E-state index contributed by atoms with van der Waals surface area (Å²) in [6.45, 7) is 9.09. The first-order chi connectivity index (χ1) is 20.1. The van der Waals surface area contributed by atoms with Crippen LogP contribution in [0.3, 0.4) is 0 Å². The van der Waals surface area contributed by atoms with E-state index < -0.39 is 65.8 Å². The Morgan fingerprint density at radius 1 is 1.19 bits per heavy atom. The zero-order valence-electron chi connectivity index (χ0n) is 25.1. The summed E-state index contributed by atoms with van der Waals surface area (Å²) in [5.74, 6) is -2.43. The molecule has 13 heteroatoms. The minimum atomic E-state index is -4.66. The Balaban J connectivity index is 1.88. The number of carbonyl (C=O) groups excluding carboxylic acids is 1. The predicted octanol–water partition coefficient (Wildman–Crippen LogP) is 5.05. The molecule has 0 spiro atoms. The number of aromatic nitrogens is 2. The van der Waals surface area contributed by atoms with Crippen LogP contribution >= 0.6 is 0 Å². The molecule has 1 amide bonds. The number of methoxy groups -OCH3 is 1. The maximum atomic E-state index is 14.1. The number of carboxylic acids is 1. The van der Waals surface area contributed by atoms with Gasteiger partial charge in [0.2, 0.25) is 11.8 Å². The second-order valence-electron chi connectivity index (χ2n) is 12.1. The molecule has 2 fully saturated rings. The highest BCUT2D eigenvalue weighted by Gasteiger charge is 2.60. The summed E-state index contributed by atoms with van der Waals surface area (Å²) in [6, 6.07) is 1.87. The Labute approximate surface area is 248 Å². The van der Waals surface area contributed by atoms with Gasteiger partial charge < -0.3 is 29.0 Å². The van der Waals surface area contributed by atoms with Crippen LogP contribution in [-0.4, -0.2) is 69.9 Å². The van der Waals surface area contributed by atoms with Gasteiger partial charge >= 0.3 is 12.1 Å². The van der Waals surface area contributed by atoms with Crippen LogP contribution in [0.2, 0.25) is 0 Å². The molecular formula is C30H38F3N3O7. The van der Waals surface area contributed by atoms with Gasteiger partial charge in [-0.15, -0.1) is 0 Å². The third-order valence-electron chi connectivity index (χ3n) is 7.66. The number of alkyl halides is 3. The SMILES string of the molecule is COc1ncc(C(F)(F)F)cc1CO[C@H]1[C@H](C(C)(C)C)[C@@H](C(=O)O)N(C(=O)[C@@H]2CCCO2)[C@H]1c1cccnc1OC(C)C. The van der Waals surface area contributed by atoms with Crippen molar-refractivity contribution in [1.29, 1.82) is 0 Å². The van der Waals surface area contributed by atoms with Crippen molar-refractivity contribution < 1.29 is 46.8 Å². The predicted molar refractivity (Wildman–Crippen MR) is 147 cm³/mol. The van der Waals surface area contributed by atoms with Crippen LogP contribution in [0.1, 0.15) is 70.2 Å². The van der Waals surface area contributed by atoms with E-state index in [9.17, 15) is 27.9 Å². The fraction of sp³-hybridized carbons (Fsp3) is 0.600. The van der Waals surface area contributed by atoms with E-state index in [1.807, 2.05) is 20.8 Å². The van der Waals surface area contributed by atoms with Crippen molar-refractivity contribution in [3.63, 3.8) is 0 Å². The lowest BCUT2D eigenvalue weighted by Gasteiger charge is -2.35. The molecule has 4 rings (SSSR count). The summed E-state index contributed by atoms with van der Waals surface area (Å²) < 4.78 is 64.0. The molecule has 0 aromatic carbocycles. The molecule has 2 aliphatic rings. The molecule has 43 heavy (non-hydrogen) atoms. The molecule has 236 valence electrons. The van der Waals surface area contributed by atoms with Gasteiger partial charge in [-0.05, 0) is 50.3 Å². The summed E-state index contributed by atoms with van der Waals surface area (Å²) in [6.07, 6.45) is -3.55. The summed E-state index contributed by atoms with van der Waals surface area (Å²) in [5, 5.41) is 10.6. The van der Waals surface area contributed by atoms with E-state index in [1.54, 1.807) is 26.0 Å². The van der Waals surface area contributed by atoms with Gasteiger partial charge in [0.25, 0.3) is 5.91 Å². The number of hydrogen-bond acceptors (Lipinski definition) is 8. The Morgan fingerprint density at radius 3 is 2.47 bits per heavy atom. The van der Waals surface area contributed by atoms with Crippen LogP contribution in [0.15, 0.2) is 30.6 Å². The first-order valence-electron chi connectivity index (χ1n) is 14.1. The number of amides is 1. The molecule has 2 saturated heterocycles. The van der Waals surface area contributed by atoms with Crippen molar-refractivity contribution in [2.75, 3.05) is 13.7 Å². The van der Waals surface area contributed by atoms with Gasteiger partial charge in [0.15, 0.2) is 0 Å². The van der Waals surface area contributed by atoms with Crippen molar-refractivity contribution >= 4 is 11.9 Å². The lowest BCUT2D eigenvalue weighted by molar-refractivity contribution is -0.156. The molecule has 4 heterocycles. The monoisotopic (exact) mass is 609 g/mol. The summed E-state index contributed by atoms with van der Waals surface area (Å²) >= 11 is 0. The van der Waals surface area contributed by atoms with Crippen LogP contribution in [0.5, 0.6) is 11.8 Å². The second kappa shape index (κ2) is 12.7. The standard InChI is InChI=1S/C30H38F3N3O7/c1-16(2)43-26-19(9-7-11-34-26)22-24(42-15-17-13-18(30(31,32)33)14-35-25(17)40-6)21(29(3,4)5)23(28(38)39)36(22)27(37)20-10-8-12-41-20/h7,9,11,13-14,16,20-24H,8,10,12,15H2,1-6H3,(H,38,39)/t20-,21+,22-,23-,24-/m0/s1. The number of carboxylic acid groups (broad SMARTS) is 1. The third kappa shape index (κ3) is 6.87. The van der Waals surface area contributed by atoms with E-state index in [4.69, 9.17) is 18.9 Å². The number of hydrogen-bond donors (Lipinski definition) is 1. The van der Waals surface area contributed by atoms with Crippen molar-refractivity contribution in [1.82, 2.24) is 14.9 Å². The van der Waals surface area contributed by atoms with Crippen LogP contribution in [0.4, 0.5) is 13.2 Å². The lowest BCUT2D eigenvalue weighted by atomic mass is 9.73. The Kier molecular flexibility index (Phi) is 9.55. The number of aliphatic carboxylic acids is 1. The minimum Gasteiger partial charge on any atom is -0.481 e. The molecule has 5 atom stereocenters. The van der Waals surface area contributed by atoms with Crippen molar-refractivity contribution in [3.05, 3.63) is 47.3 Å². The topological polar surface area (TPSA) is 120 Å². The van der Waals surface area contributed by atoms with Crippen molar-refractivity contribution in [3.8, 4) is 11.8 Å². The third-order valence-corrected chi connectivity index (χ3v) is 7.66. The van der Waals surface area contributed by atoms with E-state index in [-0.39, 0.29) is 23.4 Å². The molecule has 10 nitrogen and oxygen atoms in total. The molecule has 0 aliphatic carbocycles. The normalized spacial score (nSPS) is 24.4. The smallest absolute Gasteiger partial charge is 0.417 e. The Bertz CT molecular complexity index is 1310. The van der Waals surface area contributed by atoms with Gasteiger partial charge in [-0.1, -0.05) is 20.8 Å². The molecule has 0 saturated carbocycles. The van der Waals surface area contributed by atoms with E-state index in [2.05, 4.69) is 9.97 Å². The first-order valence-corrected chi connectivity index (χ1v) is 14.1.